The zero-order chi connectivity index (χ0) is 23.1. The number of carbonyl (C=O) groups excluding carboxylic acids is 2. The predicted molar refractivity (Wildman–Crippen MR) is 134 cm³/mol. The number of hydrogen-bond donors (Lipinski definition) is 2. The summed E-state index contributed by atoms with van der Waals surface area (Å²) in [7, 11) is 0. The summed E-state index contributed by atoms with van der Waals surface area (Å²) < 4.78 is 0. The Kier molecular flexibility index (Phi) is 4.96. The van der Waals surface area contributed by atoms with Gasteiger partial charge in [-0.1, -0.05) is 54.6 Å². The highest BCUT2D eigenvalue weighted by Crippen LogP contribution is 2.35. The molecule has 0 fully saturated rings. The molecule has 0 saturated carbocycles. The van der Waals surface area contributed by atoms with Crippen molar-refractivity contribution in [3.8, 4) is 11.1 Å². The van der Waals surface area contributed by atoms with Crippen molar-refractivity contribution in [3.05, 3.63) is 107 Å². The molecular formula is C27H20N4O2S. The number of carbonyl (C=O) groups is 2. The summed E-state index contributed by atoms with van der Waals surface area (Å²) in [4.78, 5) is 36.0. The Morgan fingerprint density at radius 3 is 2.68 bits per heavy atom. The van der Waals surface area contributed by atoms with E-state index in [2.05, 4.69) is 33.5 Å². The number of benzene rings is 3. The molecule has 0 aliphatic carbocycles. The van der Waals surface area contributed by atoms with E-state index >= 15 is 0 Å². The molecule has 3 aromatic carbocycles. The average molecular weight is 465 g/mol. The van der Waals surface area contributed by atoms with Gasteiger partial charge < -0.3 is 9.88 Å². The number of rotatable bonds is 5. The Morgan fingerprint density at radius 2 is 1.85 bits per heavy atom. The highest BCUT2D eigenvalue weighted by atomic mass is 32.1. The SMILES string of the molecule is O=C(Nc1nccs1)[C@@H](c1ccccc1)N1Cc2ccc(-c3ccc4cc[nH]c4c3)cc2C1=O. The number of nitrogens with zero attached hydrogens (tertiary/aromatic N) is 2. The summed E-state index contributed by atoms with van der Waals surface area (Å²) in [6.45, 7) is 0.370. The summed E-state index contributed by atoms with van der Waals surface area (Å²) in [6, 6.07) is 22.8. The van der Waals surface area contributed by atoms with Gasteiger partial charge in [0.05, 0.1) is 0 Å². The fourth-order valence-electron chi connectivity index (χ4n) is 4.51. The van der Waals surface area contributed by atoms with E-state index in [9.17, 15) is 9.59 Å². The van der Waals surface area contributed by atoms with Gasteiger partial charge in [0.1, 0.15) is 6.04 Å². The van der Waals surface area contributed by atoms with Crippen LogP contribution in [-0.2, 0) is 11.3 Å². The number of hydrogen-bond acceptors (Lipinski definition) is 4. The highest BCUT2D eigenvalue weighted by Gasteiger charge is 2.37. The minimum atomic E-state index is -0.760. The van der Waals surface area contributed by atoms with Crippen molar-refractivity contribution in [2.45, 2.75) is 12.6 Å². The van der Waals surface area contributed by atoms with Crippen LogP contribution >= 0.6 is 11.3 Å². The average Bonchev–Trinajstić information content (AvgIpc) is 3.61. The summed E-state index contributed by atoms with van der Waals surface area (Å²) in [5, 5.41) is 6.32. The molecule has 7 heteroatoms. The summed E-state index contributed by atoms with van der Waals surface area (Å²) in [6.07, 6.45) is 3.56. The Hall–Kier alpha value is -4.23. The third-order valence-corrected chi connectivity index (χ3v) is 6.86. The van der Waals surface area contributed by atoms with Crippen molar-refractivity contribution < 1.29 is 9.59 Å². The molecule has 1 aliphatic rings. The lowest BCUT2D eigenvalue weighted by Gasteiger charge is -2.27. The van der Waals surface area contributed by atoms with Gasteiger partial charge in [-0.05, 0) is 45.8 Å². The summed E-state index contributed by atoms with van der Waals surface area (Å²) >= 11 is 1.35. The summed E-state index contributed by atoms with van der Waals surface area (Å²) in [5.41, 5.74) is 5.35. The molecule has 166 valence electrons. The molecule has 0 saturated heterocycles. The van der Waals surface area contributed by atoms with Gasteiger partial charge >= 0.3 is 0 Å². The lowest BCUT2D eigenvalue weighted by molar-refractivity contribution is -0.120. The smallest absolute Gasteiger partial charge is 0.255 e. The molecule has 0 radical (unpaired) electrons. The number of anilines is 1. The van der Waals surface area contributed by atoms with Gasteiger partial charge in [0, 0.05) is 35.4 Å². The van der Waals surface area contributed by atoms with Crippen LogP contribution in [0.1, 0.15) is 27.5 Å². The van der Waals surface area contributed by atoms with E-state index < -0.39 is 6.04 Å². The van der Waals surface area contributed by atoms with Crippen LogP contribution in [0.15, 0.2) is 90.6 Å². The maximum Gasteiger partial charge on any atom is 0.255 e. The van der Waals surface area contributed by atoms with Gasteiger partial charge in [-0.2, -0.15) is 0 Å². The van der Waals surface area contributed by atoms with Crippen LogP contribution in [0, 0.1) is 0 Å². The van der Waals surface area contributed by atoms with Gasteiger partial charge in [0.15, 0.2) is 5.13 Å². The van der Waals surface area contributed by atoms with E-state index in [-0.39, 0.29) is 11.8 Å². The quantitative estimate of drug-likeness (QED) is 0.354. The fourth-order valence-corrected chi connectivity index (χ4v) is 5.04. The minimum absolute atomic E-state index is 0.152. The molecule has 34 heavy (non-hydrogen) atoms. The third-order valence-electron chi connectivity index (χ3n) is 6.17. The third kappa shape index (κ3) is 3.56. The van der Waals surface area contributed by atoms with Crippen molar-refractivity contribution >= 4 is 39.2 Å². The second-order valence-electron chi connectivity index (χ2n) is 8.22. The van der Waals surface area contributed by atoms with Crippen LogP contribution in [0.2, 0.25) is 0 Å². The minimum Gasteiger partial charge on any atom is -0.361 e. The van der Waals surface area contributed by atoms with Crippen molar-refractivity contribution in [2.75, 3.05) is 5.32 Å². The van der Waals surface area contributed by atoms with Crippen LogP contribution in [-0.4, -0.2) is 26.7 Å². The van der Waals surface area contributed by atoms with Gasteiger partial charge in [-0.15, -0.1) is 11.3 Å². The second kappa shape index (κ2) is 8.28. The Labute approximate surface area is 199 Å². The van der Waals surface area contributed by atoms with Gasteiger partial charge in [0.2, 0.25) is 0 Å². The van der Waals surface area contributed by atoms with E-state index in [1.54, 1.807) is 16.5 Å². The molecule has 6 nitrogen and oxygen atoms in total. The number of aromatic nitrogens is 2. The highest BCUT2D eigenvalue weighted by molar-refractivity contribution is 7.13. The number of H-pyrrole nitrogens is 1. The molecule has 3 heterocycles. The lowest BCUT2D eigenvalue weighted by atomic mass is 9.99. The Morgan fingerprint density at radius 1 is 1.03 bits per heavy atom. The van der Waals surface area contributed by atoms with Gasteiger partial charge in [-0.3, -0.25) is 14.9 Å². The van der Waals surface area contributed by atoms with Crippen LogP contribution in [0.25, 0.3) is 22.0 Å². The molecule has 1 aliphatic heterocycles. The normalized spacial score (nSPS) is 13.8. The van der Waals surface area contributed by atoms with Crippen LogP contribution in [0.5, 0.6) is 0 Å². The van der Waals surface area contributed by atoms with E-state index in [1.807, 2.05) is 60.8 Å². The predicted octanol–water partition coefficient (Wildman–Crippen LogP) is 5.63. The van der Waals surface area contributed by atoms with Crippen LogP contribution in [0.3, 0.4) is 0 Å². The topological polar surface area (TPSA) is 78.1 Å². The molecular weight excluding hydrogens is 444 g/mol. The molecule has 5 aromatic rings. The first-order chi connectivity index (χ1) is 16.7. The first-order valence-corrected chi connectivity index (χ1v) is 11.8. The monoisotopic (exact) mass is 464 g/mol. The van der Waals surface area contributed by atoms with Crippen molar-refractivity contribution in [1.29, 1.82) is 0 Å². The number of aromatic amines is 1. The molecule has 2 aromatic heterocycles. The standard InChI is InChI=1S/C27H20N4O2S/c32-25(30-27-29-12-13-34-27)24(18-4-2-1-3-5-18)31-16-21-9-8-19(14-22(21)26(31)33)20-7-6-17-10-11-28-23(17)15-20/h1-15,24,28H,16H2,(H,29,30,32)/t24-/m1/s1. The van der Waals surface area contributed by atoms with Crippen LogP contribution in [0.4, 0.5) is 5.13 Å². The zero-order valence-electron chi connectivity index (χ0n) is 18.1. The molecule has 2 N–H and O–H groups in total. The number of nitrogens with one attached hydrogen (secondary N) is 2. The Balaban J connectivity index is 1.35. The zero-order valence-corrected chi connectivity index (χ0v) is 18.9. The lowest BCUT2D eigenvalue weighted by Crippen LogP contribution is -2.37. The second-order valence-corrected chi connectivity index (χ2v) is 9.12. The number of amides is 2. The van der Waals surface area contributed by atoms with E-state index in [0.29, 0.717) is 17.2 Å². The molecule has 0 unspecified atom stereocenters. The van der Waals surface area contributed by atoms with E-state index in [1.165, 1.54) is 11.3 Å². The molecule has 6 rings (SSSR count). The van der Waals surface area contributed by atoms with E-state index in [0.717, 1.165) is 33.2 Å². The fraction of sp³-hybridized carbons (Fsp3) is 0.0741. The largest absolute Gasteiger partial charge is 0.361 e. The first-order valence-electron chi connectivity index (χ1n) is 10.9. The number of thiazole rings is 1. The van der Waals surface area contributed by atoms with Crippen molar-refractivity contribution in [3.63, 3.8) is 0 Å². The maximum absolute atomic E-state index is 13.6. The Bertz CT molecular complexity index is 1510. The van der Waals surface area contributed by atoms with Gasteiger partial charge in [-0.25, -0.2) is 4.98 Å². The molecule has 1 atom stereocenters. The molecule has 0 bridgehead atoms. The van der Waals surface area contributed by atoms with Crippen molar-refractivity contribution in [2.24, 2.45) is 0 Å². The summed E-state index contributed by atoms with van der Waals surface area (Å²) in [5.74, 6) is -0.430. The molecule has 2 amide bonds. The van der Waals surface area contributed by atoms with Crippen LogP contribution < -0.4 is 5.32 Å². The van der Waals surface area contributed by atoms with Crippen molar-refractivity contribution in [1.82, 2.24) is 14.9 Å². The molecule has 0 spiro atoms. The maximum atomic E-state index is 13.6. The number of fused-ring (bicyclic) bond motifs is 2. The van der Waals surface area contributed by atoms with Gasteiger partial charge in [0.25, 0.3) is 11.8 Å². The first kappa shape index (κ1) is 20.4. The van der Waals surface area contributed by atoms with E-state index in [4.69, 9.17) is 0 Å².